The first-order valence-corrected chi connectivity index (χ1v) is 6.26. The van der Waals surface area contributed by atoms with Gasteiger partial charge in [-0.3, -0.25) is 0 Å². The van der Waals surface area contributed by atoms with Crippen LogP contribution in [-0.2, 0) is 6.54 Å². The molecule has 1 rings (SSSR count). The first-order chi connectivity index (χ1) is 8.02. The third-order valence-corrected chi connectivity index (χ3v) is 3.01. The van der Waals surface area contributed by atoms with Crippen LogP contribution >= 0.6 is 11.6 Å². The predicted octanol–water partition coefficient (Wildman–Crippen LogP) is 2.91. The minimum absolute atomic E-state index is 0.210. The zero-order valence-electron chi connectivity index (χ0n) is 10.6. The molecule has 1 aromatic carbocycles. The van der Waals surface area contributed by atoms with Gasteiger partial charge in [0.2, 0.25) is 0 Å². The molecular weight excluding hydrogens is 239 g/mol. The first kappa shape index (κ1) is 14.4. The van der Waals surface area contributed by atoms with E-state index in [0.717, 1.165) is 13.1 Å². The molecule has 0 heterocycles. The second kappa shape index (κ2) is 6.94. The van der Waals surface area contributed by atoms with Gasteiger partial charge in [0.05, 0.1) is 0 Å². The zero-order valence-corrected chi connectivity index (χ0v) is 11.4. The van der Waals surface area contributed by atoms with Gasteiger partial charge in [-0.1, -0.05) is 18.5 Å². The standard InChI is InChI=1S/C13H20ClFN2/c1-4-17(3)9-10(2)16-8-11-7-12(14)5-6-13(11)15/h5-7,10,16H,4,8-9H2,1-3H3. The summed E-state index contributed by atoms with van der Waals surface area (Å²) in [5.41, 5.74) is 0.614. The fourth-order valence-electron chi connectivity index (χ4n) is 1.62. The van der Waals surface area contributed by atoms with Crippen LogP contribution < -0.4 is 5.32 Å². The second-order valence-corrected chi connectivity index (χ2v) is 4.81. The number of rotatable bonds is 6. The van der Waals surface area contributed by atoms with Crippen LogP contribution in [0, 0.1) is 5.82 Å². The quantitative estimate of drug-likeness (QED) is 0.844. The summed E-state index contributed by atoms with van der Waals surface area (Å²) in [6.45, 7) is 6.67. The molecule has 0 bridgehead atoms. The number of benzene rings is 1. The van der Waals surface area contributed by atoms with Crippen molar-refractivity contribution in [1.82, 2.24) is 10.2 Å². The summed E-state index contributed by atoms with van der Waals surface area (Å²) in [4.78, 5) is 2.21. The number of nitrogens with zero attached hydrogens (tertiary/aromatic N) is 1. The van der Waals surface area contributed by atoms with Crippen LogP contribution in [0.5, 0.6) is 0 Å². The summed E-state index contributed by atoms with van der Waals surface area (Å²) in [7, 11) is 2.07. The molecule has 0 spiro atoms. The maximum atomic E-state index is 13.4. The van der Waals surface area contributed by atoms with E-state index in [1.54, 1.807) is 12.1 Å². The fraction of sp³-hybridized carbons (Fsp3) is 0.538. The van der Waals surface area contributed by atoms with E-state index < -0.39 is 0 Å². The van der Waals surface area contributed by atoms with Crippen molar-refractivity contribution in [2.24, 2.45) is 0 Å². The van der Waals surface area contributed by atoms with E-state index in [2.05, 4.69) is 31.1 Å². The fourth-order valence-corrected chi connectivity index (χ4v) is 1.82. The van der Waals surface area contributed by atoms with Crippen LogP contribution in [0.2, 0.25) is 5.02 Å². The predicted molar refractivity (Wildman–Crippen MR) is 70.9 cm³/mol. The van der Waals surface area contributed by atoms with E-state index in [4.69, 9.17) is 11.6 Å². The molecule has 17 heavy (non-hydrogen) atoms. The molecule has 0 saturated carbocycles. The highest BCUT2D eigenvalue weighted by Gasteiger charge is 2.07. The van der Waals surface area contributed by atoms with Crippen molar-refractivity contribution in [3.8, 4) is 0 Å². The third kappa shape index (κ3) is 5.02. The normalized spacial score (nSPS) is 13.1. The van der Waals surface area contributed by atoms with Crippen LogP contribution in [0.1, 0.15) is 19.4 Å². The van der Waals surface area contributed by atoms with Gasteiger partial charge in [0.1, 0.15) is 5.82 Å². The Balaban J connectivity index is 2.47. The number of likely N-dealkylation sites (N-methyl/N-ethyl adjacent to an activating group) is 1. The lowest BCUT2D eigenvalue weighted by atomic mass is 10.2. The largest absolute Gasteiger partial charge is 0.309 e. The summed E-state index contributed by atoms with van der Waals surface area (Å²) in [6, 6.07) is 4.95. The van der Waals surface area contributed by atoms with Crippen LogP contribution in [0.25, 0.3) is 0 Å². The number of hydrogen-bond acceptors (Lipinski definition) is 2. The molecule has 0 amide bonds. The number of halogens is 2. The molecule has 0 fully saturated rings. The van der Waals surface area contributed by atoms with Crippen molar-refractivity contribution >= 4 is 11.6 Å². The van der Waals surface area contributed by atoms with Crippen molar-refractivity contribution in [2.75, 3.05) is 20.1 Å². The van der Waals surface area contributed by atoms with E-state index in [1.165, 1.54) is 6.07 Å². The van der Waals surface area contributed by atoms with E-state index in [9.17, 15) is 4.39 Å². The topological polar surface area (TPSA) is 15.3 Å². The highest BCUT2D eigenvalue weighted by atomic mass is 35.5. The Kier molecular flexibility index (Phi) is 5.89. The highest BCUT2D eigenvalue weighted by molar-refractivity contribution is 6.30. The molecule has 1 N–H and O–H groups in total. The Labute approximate surface area is 108 Å². The molecule has 0 radical (unpaired) electrons. The number of nitrogens with one attached hydrogen (secondary N) is 1. The van der Waals surface area contributed by atoms with E-state index in [1.807, 2.05) is 0 Å². The smallest absolute Gasteiger partial charge is 0.127 e. The first-order valence-electron chi connectivity index (χ1n) is 5.88. The van der Waals surface area contributed by atoms with Gasteiger partial charge in [-0.25, -0.2) is 4.39 Å². The molecule has 4 heteroatoms. The van der Waals surface area contributed by atoms with Gasteiger partial charge in [0, 0.05) is 29.7 Å². The molecule has 96 valence electrons. The van der Waals surface area contributed by atoms with Gasteiger partial charge >= 0.3 is 0 Å². The minimum Gasteiger partial charge on any atom is -0.309 e. The molecule has 1 unspecified atom stereocenters. The van der Waals surface area contributed by atoms with E-state index in [0.29, 0.717) is 23.2 Å². The second-order valence-electron chi connectivity index (χ2n) is 4.37. The Hall–Kier alpha value is -0.640. The Morgan fingerprint density at radius 3 is 2.82 bits per heavy atom. The molecule has 0 aliphatic heterocycles. The van der Waals surface area contributed by atoms with Gasteiger partial charge in [0.25, 0.3) is 0 Å². The van der Waals surface area contributed by atoms with Crippen molar-refractivity contribution in [1.29, 1.82) is 0 Å². The van der Waals surface area contributed by atoms with Gasteiger partial charge in [-0.05, 0) is 38.7 Å². The third-order valence-electron chi connectivity index (χ3n) is 2.77. The van der Waals surface area contributed by atoms with Crippen molar-refractivity contribution in [2.45, 2.75) is 26.4 Å². The molecule has 0 aliphatic carbocycles. The van der Waals surface area contributed by atoms with Gasteiger partial charge in [-0.2, -0.15) is 0 Å². The lowest BCUT2D eigenvalue weighted by Crippen LogP contribution is -2.37. The Morgan fingerprint density at radius 2 is 2.18 bits per heavy atom. The van der Waals surface area contributed by atoms with Crippen molar-refractivity contribution < 1.29 is 4.39 Å². The Bertz CT molecular complexity index is 357. The summed E-state index contributed by atoms with van der Waals surface area (Å²) >= 11 is 5.84. The van der Waals surface area contributed by atoms with Gasteiger partial charge in [0.15, 0.2) is 0 Å². The van der Waals surface area contributed by atoms with Crippen molar-refractivity contribution in [3.63, 3.8) is 0 Å². The average molecular weight is 259 g/mol. The van der Waals surface area contributed by atoms with Crippen LogP contribution in [0.4, 0.5) is 4.39 Å². The Morgan fingerprint density at radius 1 is 1.47 bits per heavy atom. The maximum absolute atomic E-state index is 13.4. The summed E-state index contributed by atoms with van der Waals surface area (Å²) in [5, 5.41) is 3.86. The molecule has 1 aromatic rings. The molecule has 1 atom stereocenters. The molecule has 0 saturated heterocycles. The molecule has 2 nitrogen and oxygen atoms in total. The lowest BCUT2D eigenvalue weighted by molar-refractivity contribution is 0.309. The van der Waals surface area contributed by atoms with Crippen molar-refractivity contribution in [3.05, 3.63) is 34.6 Å². The zero-order chi connectivity index (χ0) is 12.8. The summed E-state index contributed by atoms with van der Waals surface area (Å²) in [5.74, 6) is -0.210. The van der Waals surface area contributed by atoms with Crippen LogP contribution in [-0.4, -0.2) is 31.1 Å². The van der Waals surface area contributed by atoms with Crippen LogP contribution in [0.15, 0.2) is 18.2 Å². The lowest BCUT2D eigenvalue weighted by Gasteiger charge is -2.20. The van der Waals surface area contributed by atoms with Gasteiger partial charge < -0.3 is 10.2 Å². The van der Waals surface area contributed by atoms with Crippen LogP contribution in [0.3, 0.4) is 0 Å². The van der Waals surface area contributed by atoms with Gasteiger partial charge in [-0.15, -0.1) is 0 Å². The van der Waals surface area contributed by atoms with E-state index >= 15 is 0 Å². The SMILES string of the molecule is CCN(C)CC(C)NCc1cc(Cl)ccc1F. The minimum atomic E-state index is -0.210. The average Bonchev–Trinajstić information content (AvgIpc) is 2.30. The highest BCUT2D eigenvalue weighted by Crippen LogP contribution is 2.14. The summed E-state index contributed by atoms with van der Waals surface area (Å²) in [6.07, 6.45) is 0. The molecule has 0 aliphatic rings. The molecular formula is C13H20ClFN2. The summed E-state index contributed by atoms with van der Waals surface area (Å²) < 4.78 is 13.4. The maximum Gasteiger partial charge on any atom is 0.127 e. The monoisotopic (exact) mass is 258 g/mol. The number of hydrogen-bond donors (Lipinski definition) is 1. The molecule has 0 aromatic heterocycles. The van der Waals surface area contributed by atoms with E-state index in [-0.39, 0.29) is 5.82 Å².